The van der Waals surface area contributed by atoms with E-state index in [-0.39, 0.29) is 36.3 Å². The standard InChI is InChI=1S/C15H27N3O5/c1-11(19)16-8-5-6-15(18(22)23)7-9-17(13(20)21)10-12(15)14(2,3)4/h12H,5-10H2,1-4H3,(H,16,19)(H,20,21). The molecule has 2 amide bonds. The van der Waals surface area contributed by atoms with E-state index in [9.17, 15) is 24.8 Å². The lowest BCUT2D eigenvalue weighted by atomic mass is 9.64. The van der Waals surface area contributed by atoms with Gasteiger partial charge in [0.2, 0.25) is 11.4 Å². The van der Waals surface area contributed by atoms with Crippen LogP contribution in [-0.4, -0.2) is 52.1 Å². The van der Waals surface area contributed by atoms with Crippen molar-refractivity contribution in [2.24, 2.45) is 11.3 Å². The molecule has 2 N–H and O–H groups in total. The fourth-order valence-electron chi connectivity index (χ4n) is 3.51. The van der Waals surface area contributed by atoms with Crippen molar-refractivity contribution in [1.82, 2.24) is 10.2 Å². The number of carbonyl (C=O) groups is 2. The first-order valence-corrected chi connectivity index (χ1v) is 7.87. The van der Waals surface area contributed by atoms with Crippen molar-refractivity contribution in [3.05, 3.63) is 10.1 Å². The zero-order chi connectivity index (χ0) is 17.8. The van der Waals surface area contributed by atoms with E-state index in [2.05, 4.69) is 5.32 Å². The van der Waals surface area contributed by atoms with E-state index >= 15 is 0 Å². The summed E-state index contributed by atoms with van der Waals surface area (Å²) in [6.07, 6.45) is -0.000982. The van der Waals surface area contributed by atoms with E-state index in [1.165, 1.54) is 11.8 Å². The van der Waals surface area contributed by atoms with E-state index in [4.69, 9.17) is 0 Å². The summed E-state index contributed by atoms with van der Waals surface area (Å²) in [4.78, 5) is 35.1. The summed E-state index contributed by atoms with van der Waals surface area (Å²) in [5.74, 6) is -0.541. The Morgan fingerprint density at radius 1 is 1.43 bits per heavy atom. The molecule has 0 radical (unpaired) electrons. The molecule has 2 atom stereocenters. The maximum atomic E-state index is 11.9. The topological polar surface area (TPSA) is 113 Å². The number of nitrogens with one attached hydrogen (secondary N) is 1. The van der Waals surface area contributed by atoms with Crippen molar-refractivity contribution >= 4 is 12.0 Å². The van der Waals surface area contributed by atoms with Gasteiger partial charge in [-0.3, -0.25) is 14.9 Å². The molecule has 1 aliphatic rings. The number of carbonyl (C=O) groups excluding carboxylic acids is 1. The van der Waals surface area contributed by atoms with Crippen molar-refractivity contribution in [3.63, 3.8) is 0 Å². The van der Waals surface area contributed by atoms with Gasteiger partial charge in [0, 0.05) is 44.3 Å². The Bertz CT molecular complexity index is 474. The second-order valence-corrected chi connectivity index (χ2v) is 7.34. The monoisotopic (exact) mass is 329 g/mol. The van der Waals surface area contributed by atoms with Crippen LogP contribution in [0.4, 0.5) is 4.79 Å². The number of likely N-dealkylation sites (tertiary alicyclic amines) is 1. The highest BCUT2D eigenvalue weighted by Gasteiger charge is 2.57. The zero-order valence-electron chi connectivity index (χ0n) is 14.3. The molecule has 132 valence electrons. The van der Waals surface area contributed by atoms with Crippen LogP contribution >= 0.6 is 0 Å². The molecule has 1 saturated heterocycles. The van der Waals surface area contributed by atoms with Gasteiger partial charge in [0.15, 0.2) is 0 Å². The number of hydrogen-bond donors (Lipinski definition) is 2. The van der Waals surface area contributed by atoms with Gasteiger partial charge < -0.3 is 15.3 Å². The number of rotatable bonds is 5. The highest BCUT2D eigenvalue weighted by atomic mass is 16.6. The second-order valence-electron chi connectivity index (χ2n) is 7.34. The van der Waals surface area contributed by atoms with Gasteiger partial charge in [0.25, 0.3) is 0 Å². The number of hydrogen-bond acceptors (Lipinski definition) is 4. The Labute approximate surface area is 136 Å². The molecule has 1 heterocycles. The Morgan fingerprint density at radius 3 is 2.48 bits per heavy atom. The molecule has 0 aromatic rings. The molecule has 23 heavy (non-hydrogen) atoms. The van der Waals surface area contributed by atoms with Crippen LogP contribution in [0.3, 0.4) is 0 Å². The van der Waals surface area contributed by atoms with E-state index in [0.29, 0.717) is 19.4 Å². The lowest BCUT2D eigenvalue weighted by Gasteiger charge is -2.46. The maximum absolute atomic E-state index is 11.9. The summed E-state index contributed by atoms with van der Waals surface area (Å²) in [5, 5.41) is 23.8. The Hall–Kier alpha value is -1.86. The molecule has 1 fully saturated rings. The van der Waals surface area contributed by atoms with Gasteiger partial charge in [-0.15, -0.1) is 0 Å². The number of piperidine rings is 1. The summed E-state index contributed by atoms with van der Waals surface area (Å²) < 4.78 is 0. The van der Waals surface area contributed by atoms with Crippen LogP contribution < -0.4 is 5.32 Å². The average molecular weight is 329 g/mol. The van der Waals surface area contributed by atoms with E-state index in [1.54, 1.807) is 0 Å². The molecule has 2 unspecified atom stereocenters. The van der Waals surface area contributed by atoms with Crippen LogP contribution in [0.5, 0.6) is 0 Å². The highest BCUT2D eigenvalue weighted by molar-refractivity contribution is 5.72. The smallest absolute Gasteiger partial charge is 0.407 e. The maximum Gasteiger partial charge on any atom is 0.407 e. The van der Waals surface area contributed by atoms with Crippen LogP contribution in [0.1, 0.15) is 47.0 Å². The number of amides is 2. The Morgan fingerprint density at radius 2 is 2.04 bits per heavy atom. The summed E-state index contributed by atoms with van der Waals surface area (Å²) in [5.41, 5.74) is -1.54. The van der Waals surface area contributed by atoms with Gasteiger partial charge >= 0.3 is 6.09 Å². The lowest BCUT2D eigenvalue weighted by molar-refractivity contribution is -0.591. The Balaban J connectivity index is 2.98. The summed E-state index contributed by atoms with van der Waals surface area (Å²) in [7, 11) is 0. The van der Waals surface area contributed by atoms with Crippen molar-refractivity contribution in [2.75, 3.05) is 19.6 Å². The quantitative estimate of drug-likeness (QED) is 0.455. The van der Waals surface area contributed by atoms with Gasteiger partial charge in [0.05, 0.1) is 5.92 Å². The first-order valence-electron chi connectivity index (χ1n) is 7.87. The second kappa shape index (κ2) is 7.14. The van der Waals surface area contributed by atoms with Gasteiger partial charge in [0.1, 0.15) is 0 Å². The molecule has 0 aliphatic carbocycles. The molecule has 0 aromatic carbocycles. The van der Waals surface area contributed by atoms with E-state index in [1.807, 2.05) is 20.8 Å². The van der Waals surface area contributed by atoms with Crippen molar-refractivity contribution in [1.29, 1.82) is 0 Å². The molecule has 1 aliphatic heterocycles. The van der Waals surface area contributed by atoms with E-state index in [0.717, 1.165) is 0 Å². The first-order chi connectivity index (χ1) is 10.5. The number of nitro groups is 1. The van der Waals surface area contributed by atoms with E-state index < -0.39 is 17.0 Å². The first kappa shape index (κ1) is 19.2. The van der Waals surface area contributed by atoms with Crippen LogP contribution in [0, 0.1) is 21.4 Å². The number of carboxylic acid groups (broad SMARTS) is 1. The summed E-state index contributed by atoms with van der Waals surface area (Å²) in [6, 6.07) is 0. The fourth-order valence-corrected chi connectivity index (χ4v) is 3.51. The minimum absolute atomic E-state index is 0.159. The van der Waals surface area contributed by atoms with Crippen LogP contribution in [0.15, 0.2) is 0 Å². The van der Waals surface area contributed by atoms with Crippen LogP contribution in [0.2, 0.25) is 0 Å². The largest absolute Gasteiger partial charge is 0.465 e. The predicted octanol–water partition coefficient (Wildman–Crippen LogP) is 1.96. The molecule has 0 aromatic heterocycles. The average Bonchev–Trinajstić information content (AvgIpc) is 2.41. The van der Waals surface area contributed by atoms with Gasteiger partial charge in [-0.05, 0) is 11.8 Å². The molecule has 0 saturated carbocycles. The normalized spacial score (nSPS) is 25.0. The van der Waals surface area contributed by atoms with Crippen LogP contribution in [-0.2, 0) is 4.79 Å². The zero-order valence-corrected chi connectivity index (χ0v) is 14.3. The van der Waals surface area contributed by atoms with Crippen molar-refractivity contribution < 1.29 is 19.6 Å². The molecular formula is C15H27N3O5. The highest BCUT2D eigenvalue weighted by Crippen LogP contribution is 2.44. The minimum Gasteiger partial charge on any atom is -0.465 e. The van der Waals surface area contributed by atoms with Crippen LogP contribution in [0.25, 0.3) is 0 Å². The van der Waals surface area contributed by atoms with Gasteiger partial charge in [-0.2, -0.15) is 0 Å². The molecule has 8 heteroatoms. The number of nitrogens with zero attached hydrogens (tertiary/aromatic N) is 2. The predicted molar refractivity (Wildman–Crippen MR) is 84.8 cm³/mol. The summed E-state index contributed by atoms with van der Waals surface area (Å²) >= 11 is 0. The van der Waals surface area contributed by atoms with Crippen molar-refractivity contribution in [3.8, 4) is 0 Å². The van der Waals surface area contributed by atoms with Gasteiger partial charge in [-0.25, -0.2) is 4.79 Å². The third kappa shape index (κ3) is 4.56. The van der Waals surface area contributed by atoms with Crippen molar-refractivity contribution in [2.45, 2.75) is 52.5 Å². The van der Waals surface area contributed by atoms with Gasteiger partial charge in [-0.1, -0.05) is 20.8 Å². The molecule has 1 rings (SSSR count). The lowest BCUT2D eigenvalue weighted by Crippen LogP contribution is -2.60. The third-order valence-corrected chi connectivity index (χ3v) is 4.71. The fraction of sp³-hybridized carbons (Fsp3) is 0.867. The molecule has 0 spiro atoms. The molecule has 8 nitrogen and oxygen atoms in total. The minimum atomic E-state index is -1.15. The summed E-state index contributed by atoms with van der Waals surface area (Å²) in [6.45, 7) is 7.87. The Kier molecular flexibility index (Phi) is 5.96. The molecular weight excluding hydrogens is 302 g/mol. The third-order valence-electron chi connectivity index (χ3n) is 4.71. The SMILES string of the molecule is CC(=O)NCCCC1([N+](=O)[O-])CCN(C(=O)O)CC1C(C)(C)C. The molecule has 0 bridgehead atoms.